The summed E-state index contributed by atoms with van der Waals surface area (Å²) in [6.45, 7) is 7.21. The zero-order valence-electron chi connectivity index (χ0n) is 32.6. The topological polar surface area (TPSA) is 184 Å². The van der Waals surface area contributed by atoms with E-state index in [0.717, 1.165) is 31.2 Å². The van der Waals surface area contributed by atoms with Gasteiger partial charge in [-0.25, -0.2) is 0 Å². The highest BCUT2D eigenvalue weighted by molar-refractivity contribution is 8.77. The Morgan fingerprint density at radius 2 is 1.84 bits per heavy atom. The Balaban J connectivity index is 0.000000691. The first kappa shape index (κ1) is 45.9. The molecule has 1 aromatic heterocycles. The number of aliphatic imine (C=N–C) groups is 2. The fourth-order valence-electron chi connectivity index (χ4n) is 5.23. The van der Waals surface area contributed by atoms with E-state index in [1.807, 2.05) is 68.5 Å². The fourth-order valence-corrected chi connectivity index (χ4v) is 7.36. The number of allylic oxidation sites excluding steroid dienone is 2. The largest absolute Gasteiger partial charge is 0.493 e. The Bertz CT molecular complexity index is 1820. The maximum atomic E-state index is 12.3. The number of aryl methyl sites for hydroxylation is 2. The fraction of sp³-hybridized carbons (Fsp3) is 0.350. The van der Waals surface area contributed by atoms with Crippen LogP contribution in [-0.2, 0) is 27.9 Å². The van der Waals surface area contributed by atoms with Crippen molar-refractivity contribution in [2.45, 2.75) is 50.8 Å². The van der Waals surface area contributed by atoms with Gasteiger partial charge in [0.05, 0.1) is 25.4 Å². The van der Waals surface area contributed by atoms with Crippen LogP contribution in [0.2, 0.25) is 0 Å². The van der Waals surface area contributed by atoms with Gasteiger partial charge in [-0.2, -0.15) is 4.99 Å². The number of nitrogens with two attached hydrogens (primary N) is 2. The highest BCUT2D eigenvalue weighted by Crippen LogP contribution is 2.36. The summed E-state index contributed by atoms with van der Waals surface area (Å²) in [6.07, 6.45) is 16.2. The first-order valence-corrected chi connectivity index (χ1v) is 19.9. The van der Waals surface area contributed by atoms with Crippen molar-refractivity contribution in [2.24, 2.45) is 28.5 Å². The summed E-state index contributed by atoms with van der Waals surface area (Å²) in [7, 11) is 9.02. The molecule has 0 fully saturated rings. The minimum Gasteiger partial charge on any atom is -0.493 e. The number of methoxy groups -OCH3 is 1. The molecule has 3 amide bonds. The Kier molecular flexibility index (Phi) is 20.2. The van der Waals surface area contributed by atoms with Crippen molar-refractivity contribution in [3.63, 3.8) is 0 Å². The molecule has 0 bridgehead atoms. The molecule has 1 atom stereocenters. The lowest BCUT2D eigenvalue weighted by molar-refractivity contribution is -0.118. The number of nitrogens with zero attached hydrogens (tertiary/aromatic N) is 4. The van der Waals surface area contributed by atoms with Crippen LogP contribution in [0.5, 0.6) is 11.5 Å². The quantitative estimate of drug-likeness (QED) is 0.0374. The highest BCUT2D eigenvalue weighted by Gasteiger charge is 2.24. The van der Waals surface area contributed by atoms with Gasteiger partial charge in [-0.1, -0.05) is 58.0 Å². The molecule has 1 unspecified atom stereocenters. The molecule has 0 saturated carbocycles. The Labute approximate surface area is 332 Å². The second-order valence-corrected chi connectivity index (χ2v) is 15.8. The average molecular weight is 792 g/mol. The molecule has 55 heavy (non-hydrogen) atoms. The predicted molar refractivity (Wildman–Crippen MR) is 228 cm³/mol. The number of primary amides is 1. The molecular weight excluding hydrogens is 739 g/mol. The maximum absolute atomic E-state index is 12.3. The number of fused-ring (bicyclic) bond motifs is 1. The zero-order chi connectivity index (χ0) is 40.8. The molecule has 5 N–H and O–H groups in total. The second-order valence-electron chi connectivity index (χ2n) is 12.7. The number of ether oxygens (including phenoxy) is 2. The number of carbonyl (C=O) groups is 4. The van der Waals surface area contributed by atoms with Gasteiger partial charge >= 0.3 is 0 Å². The number of amidine groups is 1. The number of hydrogen-bond acceptors (Lipinski definition) is 10. The normalized spacial score (nSPS) is 13.8. The predicted octanol–water partition coefficient (Wildman–Crippen LogP) is 5.85. The van der Waals surface area contributed by atoms with Gasteiger partial charge in [-0.3, -0.25) is 24.2 Å². The Morgan fingerprint density at radius 1 is 1.11 bits per heavy atom. The maximum Gasteiger partial charge on any atom is 0.247 e. The Hall–Kier alpha value is -5.28. The number of anilines is 1. The third-order valence-corrected chi connectivity index (χ3v) is 10.6. The summed E-state index contributed by atoms with van der Waals surface area (Å²) < 4.78 is 13.5. The van der Waals surface area contributed by atoms with Gasteiger partial charge in [0.1, 0.15) is 5.84 Å². The number of rotatable bonds is 17. The molecule has 2 aromatic carbocycles. The monoisotopic (exact) mass is 791 g/mol. The molecule has 15 heteroatoms. The van der Waals surface area contributed by atoms with Crippen molar-refractivity contribution < 1.29 is 28.7 Å². The molecule has 0 saturated heterocycles. The zero-order valence-corrected chi connectivity index (χ0v) is 34.2. The van der Waals surface area contributed by atoms with Crippen LogP contribution in [0, 0.1) is 6.92 Å². The van der Waals surface area contributed by atoms with E-state index in [-0.39, 0.29) is 42.0 Å². The first-order valence-electron chi connectivity index (χ1n) is 17.4. The number of likely N-dealkylation sites (N-methyl/N-ethyl adjacent to an activating group) is 1. The third-order valence-electron chi connectivity index (χ3n) is 8.03. The van der Waals surface area contributed by atoms with Crippen molar-refractivity contribution in [1.82, 2.24) is 9.88 Å². The van der Waals surface area contributed by atoms with Crippen LogP contribution >= 0.6 is 21.6 Å². The SMILES string of the molecule is COc1cc(C=O)c(N=CC2Cc3ccccc3N2C)cc1OCCCC(=O)N=C(N)/C=C\C=C\c1cc(C)n(C)c1.CSSC(C)(C)CNC=O.NC=O. The van der Waals surface area contributed by atoms with Crippen molar-refractivity contribution >= 4 is 76.1 Å². The van der Waals surface area contributed by atoms with Crippen molar-refractivity contribution in [3.05, 3.63) is 89.3 Å². The molecule has 0 radical (unpaired) electrons. The summed E-state index contributed by atoms with van der Waals surface area (Å²) in [4.78, 5) is 53.3. The molecule has 1 aliphatic heterocycles. The number of aldehydes is 1. The van der Waals surface area contributed by atoms with E-state index < -0.39 is 0 Å². The molecule has 13 nitrogen and oxygen atoms in total. The lowest BCUT2D eigenvalue weighted by Gasteiger charge is -2.21. The van der Waals surface area contributed by atoms with Gasteiger partial charge in [-0.15, -0.1) is 0 Å². The molecule has 4 rings (SSSR count). The summed E-state index contributed by atoms with van der Waals surface area (Å²) in [5.74, 6) is 0.661. The lowest BCUT2D eigenvalue weighted by atomic mass is 10.1. The molecule has 0 aliphatic carbocycles. The lowest BCUT2D eigenvalue weighted by Crippen LogP contribution is -2.30. The molecule has 0 spiro atoms. The minimum absolute atomic E-state index is 0.0753. The summed E-state index contributed by atoms with van der Waals surface area (Å²) in [6, 6.07) is 13.7. The number of nitrogens with one attached hydrogen (secondary N) is 1. The van der Waals surface area contributed by atoms with E-state index in [2.05, 4.69) is 58.0 Å². The van der Waals surface area contributed by atoms with Gasteiger partial charge in [0.15, 0.2) is 17.8 Å². The van der Waals surface area contributed by atoms with Crippen LogP contribution in [-0.4, -0.2) is 86.0 Å². The molecular formula is C40H53N7O6S2. The standard InChI is InChI=1S/C33H37N5O4.C6H13NOS2.CH3NO/c1-23-16-24(21-37(23)2)10-5-8-13-32(34)36-33(40)14-9-15-42-31-19-28(26(22-39)18-30(31)41-4)35-20-27-17-25-11-6-7-12-29(25)38(27)3;1-6(2,10-9-3)4-7-5-8;2-1-3/h5-8,10-13,16,18-22,27H,9,14-15,17H2,1-4H3,(H2,34,36,40);5H,4H2,1-3H3,(H,7,8);1H,(H2,2,3)/b10-5+,13-8-,35-20?;;. The number of aromatic nitrogens is 1. The number of para-hydroxylation sites is 1. The van der Waals surface area contributed by atoms with Gasteiger partial charge < -0.3 is 35.7 Å². The highest BCUT2D eigenvalue weighted by atomic mass is 33.1. The number of hydrogen-bond donors (Lipinski definition) is 3. The second kappa shape index (κ2) is 24.2. The average Bonchev–Trinajstić information content (AvgIpc) is 3.66. The van der Waals surface area contributed by atoms with Gasteiger partial charge in [0.2, 0.25) is 18.7 Å². The summed E-state index contributed by atoms with van der Waals surface area (Å²) in [5, 5.41) is 2.66. The molecule has 2 heterocycles. The molecule has 3 aromatic rings. The minimum atomic E-state index is -0.335. The van der Waals surface area contributed by atoms with E-state index in [1.165, 1.54) is 24.1 Å². The van der Waals surface area contributed by atoms with Gasteiger partial charge in [0.25, 0.3) is 0 Å². The van der Waals surface area contributed by atoms with E-state index in [0.29, 0.717) is 29.2 Å². The molecule has 1 aliphatic rings. The molecule has 296 valence electrons. The van der Waals surface area contributed by atoms with E-state index in [1.54, 1.807) is 45.9 Å². The van der Waals surface area contributed by atoms with E-state index in [9.17, 15) is 14.4 Å². The van der Waals surface area contributed by atoms with Crippen LogP contribution in [0.15, 0.2) is 76.9 Å². The Morgan fingerprint density at radius 3 is 2.45 bits per heavy atom. The number of amides is 3. The first-order chi connectivity index (χ1) is 26.3. The van der Waals surface area contributed by atoms with Crippen LogP contribution in [0.4, 0.5) is 11.4 Å². The van der Waals surface area contributed by atoms with Crippen molar-refractivity contribution in [2.75, 3.05) is 38.5 Å². The van der Waals surface area contributed by atoms with E-state index >= 15 is 0 Å². The van der Waals surface area contributed by atoms with Gasteiger partial charge in [0, 0.05) is 67.2 Å². The smallest absolute Gasteiger partial charge is 0.247 e. The van der Waals surface area contributed by atoms with Crippen LogP contribution in [0.1, 0.15) is 53.9 Å². The van der Waals surface area contributed by atoms with Crippen LogP contribution in [0.25, 0.3) is 6.08 Å². The van der Waals surface area contributed by atoms with Gasteiger partial charge in [-0.05, 0) is 75.3 Å². The van der Waals surface area contributed by atoms with Crippen molar-refractivity contribution in [1.29, 1.82) is 0 Å². The third kappa shape index (κ3) is 15.9. The summed E-state index contributed by atoms with van der Waals surface area (Å²) in [5.41, 5.74) is 15.6. The van der Waals surface area contributed by atoms with Crippen LogP contribution < -0.4 is 31.2 Å². The number of benzene rings is 2. The van der Waals surface area contributed by atoms with Crippen molar-refractivity contribution in [3.8, 4) is 11.5 Å². The number of carbonyl (C=O) groups excluding carboxylic acids is 4. The van der Waals surface area contributed by atoms with E-state index in [4.69, 9.17) is 20.0 Å². The summed E-state index contributed by atoms with van der Waals surface area (Å²) >= 11 is 0. The van der Waals surface area contributed by atoms with Crippen LogP contribution in [0.3, 0.4) is 0 Å².